The largest absolute Gasteiger partial charge is 0.458 e. The van der Waals surface area contributed by atoms with E-state index in [1.165, 1.54) is 0 Å². The van der Waals surface area contributed by atoms with Gasteiger partial charge in [0.15, 0.2) is 0 Å². The highest BCUT2D eigenvalue weighted by atomic mass is 16.6. The van der Waals surface area contributed by atoms with Crippen LogP contribution in [-0.4, -0.2) is 23.5 Å². The first-order chi connectivity index (χ1) is 7.80. The Morgan fingerprint density at radius 2 is 1.82 bits per heavy atom. The maximum atomic E-state index is 11.9. The molecule has 0 rings (SSSR count). The van der Waals surface area contributed by atoms with Crippen LogP contribution in [0.2, 0.25) is 0 Å². The molecule has 1 atom stereocenters. The van der Waals surface area contributed by atoms with Gasteiger partial charge in [0, 0.05) is 6.42 Å². The molecule has 100 valence electrons. The average molecular weight is 243 g/mol. The summed E-state index contributed by atoms with van der Waals surface area (Å²) in [6.07, 6.45) is 2.90. The summed E-state index contributed by atoms with van der Waals surface area (Å²) in [5.74, 6) is -0.454. The highest BCUT2D eigenvalue weighted by Crippen LogP contribution is 2.11. The van der Waals surface area contributed by atoms with Gasteiger partial charge in [-0.2, -0.15) is 0 Å². The van der Waals surface area contributed by atoms with E-state index in [9.17, 15) is 9.59 Å². The number of hydrogen-bond donors (Lipinski definition) is 1. The van der Waals surface area contributed by atoms with E-state index in [2.05, 4.69) is 5.32 Å². The molecule has 0 aliphatic rings. The maximum absolute atomic E-state index is 11.9. The van der Waals surface area contributed by atoms with Gasteiger partial charge >= 0.3 is 5.97 Å². The number of carbonyl (C=O) groups excluding carboxylic acids is 2. The number of nitrogens with one attached hydrogen (secondary N) is 1. The van der Waals surface area contributed by atoms with Gasteiger partial charge in [0.1, 0.15) is 11.6 Å². The third-order valence-corrected chi connectivity index (χ3v) is 2.19. The van der Waals surface area contributed by atoms with Gasteiger partial charge in [0.25, 0.3) is 0 Å². The minimum absolute atomic E-state index is 0.114. The summed E-state index contributed by atoms with van der Waals surface area (Å²) in [6.45, 7) is 9.28. The van der Waals surface area contributed by atoms with E-state index in [4.69, 9.17) is 4.74 Å². The van der Waals surface area contributed by atoms with E-state index in [-0.39, 0.29) is 11.9 Å². The summed E-state index contributed by atoms with van der Waals surface area (Å²) in [5.41, 5.74) is -0.515. The summed E-state index contributed by atoms with van der Waals surface area (Å²) >= 11 is 0. The van der Waals surface area contributed by atoms with Crippen LogP contribution in [0.5, 0.6) is 0 Å². The van der Waals surface area contributed by atoms with Crippen LogP contribution in [0.25, 0.3) is 0 Å². The molecule has 0 heterocycles. The van der Waals surface area contributed by atoms with Gasteiger partial charge in [-0.1, -0.05) is 26.7 Å². The number of unbranched alkanes of at least 4 members (excludes halogenated alkanes) is 1. The van der Waals surface area contributed by atoms with E-state index >= 15 is 0 Å². The predicted molar refractivity (Wildman–Crippen MR) is 67.6 cm³/mol. The molecule has 0 bridgehead atoms. The van der Waals surface area contributed by atoms with Crippen molar-refractivity contribution in [1.29, 1.82) is 0 Å². The molecule has 0 saturated carbocycles. The van der Waals surface area contributed by atoms with Crippen molar-refractivity contribution >= 4 is 11.9 Å². The van der Waals surface area contributed by atoms with Crippen LogP contribution < -0.4 is 5.32 Å². The highest BCUT2D eigenvalue weighted by Gasteiger charge is 2.25. The summed E-state index contributed by atoms with van der Waals surface area (Å²) in [6, 6.07) is -0.512. The number of hydrogen-bond acceptors (Lipinski definition) is 3. The molecule has 0 saturated heterocycles. The van der Waals surface area contributed by atoms with Crippen LogP contribution in [-0.2, 0) is 14.3 Å². The Labute approximate surface area is 104 Å². The van der Waals surface area contributed by atoms with Crippen LogP contribution in [0.4, 0.5) is 0 Å². The van der Waals surface area contributed by atoms with Crippen molar-refractivity contribution in [3.05, 3.63) is 0 Å². The van der Waals surface area contributed by atoms with Gasteiger partial charge in [-0.05, 0) is 27.2 Å². The van der Waals surface area contributed by atoms with Crippen molar-refractivity contribution < 1.29 is 14.3 Å². The Balaban J connectivity index is 4.44. The zero-order chi connectivity index (χ0) is 13.5. The number of rotatable bonds is 6. The zero-order valence-electron chi connectivity index (χ0n) is 11.6. The molecule has 1 amide bonds. The first-order valence-electron chi connectivity index (χ1n) is 6.32. The molecule has 0 aliphatic carbocycles. The molecule has 17 heavy (non-hydrogen) atoms. The molecule has 4 nitrogen and oxygen atoms in total. The van der Waals surface area contributed by atoms with E-state index in [1.807, 2.05) is 27.7 Å². The predicted octanol–water partition coefficient (Wildman–Crippen LogP) is 2.41. The fraction of sp³-hybridized carbons (Fsp3) is 0.846. The monoisotopic (exact) mass is 243 g/mol. The molecule has 4 heteroatoms. The lowest BCUT2D eigenvalue weighted by Gasteiger charge is -2.24. The highest BCUT2D eigenvalue weighted by molar-refractivity contribution is 5.84. The van der Waals surface area contributed by atoms with Crippen LogP contribution in [0.1, 0.15) is 60.3 Å². The number of carbonyl (C=O) groups is 2. The lowest BCUT2D eigenvalue weighted by Crippen LogP contribution is -2.43. The minimum atomic E-state index is -0.515. The third kappa shape index (κ3) is 7.77. The fourth-order valence-corrected chi connectivity index (χ4v) is 1.33. The second kappa shape index (κ2) is 7.30. The first kappa shape index (κ1) is 15.9. The molecule has 0 radical (unpaired) electrons. The summed E-state index contributed by atoms with van der Waals surface area (Å²) in [7, 11) is 0. The van der Waals surface area contributed by atoms with Crippen molar-refractivity contribution in [2.45, 2.75) is 71.9 Å². The molecule has 0 aromatic carbocycles. The van der Waals surface area contributed by atoms with Crippen LogP contribution in [0.3, 0.4) is 0 Å². The van der Waals surface area contributed by atoms with Gasteiger partial charge in [0.05, 0.1) is 0 Å². The second-order valence-electron chi connectivity index (χ2n) is 5.15. The molecule has 0 aromatic heterocycles. The average Bonchev–Trinajstić information content (AvgIpc) is 2.21. The molecular weight excluding hydrogens is 218 g/mol. The van der Waals surface area contributed by atoms with E-state index < -0.39 is 11.6 Å². The van der Waals surface area contributed by atoms with Gasteiger partial charge in [-0.3, -0.25) is 4.79 Å². The molecule has 0 spiro atoms. The zero-order valence-corrected chi connectivity index (χ0v) is 11.6. The smallest absolute Gasteiger partial charge is 0.329 e. The first-order valence-corrected chi connectivity index (χ1v) is 6.32. The molecule has 1 unspecified atom stereocenters. The van der Waals surface area contributed by atoms with Crippen molar-refractivity contribution in [1.82, 2.24) is 5.32 Å². The summed E-state index contributed by atoms with van der Waals surface area (Å²) in [5, 5.41) is 2.71. The van der Waals surface area contributed by atoms with Crippen molar-refractivity contribution in [3.8, 4) is 0 Å². The maximum Gasteiger partial charge on any atom is 0.329 e. The normalized spacial score (nSPS) is 13.0. The van der Waals surface area contributed by atoms with E-state index in [0.717, 1.165) is 12.8 Å². The molecule has 1 N–H and O–H groups in total. The van der Waals surface area contributed by atoms with Gasteiger partial charge in [-0.15, -0.1) is 0 Å². The Kier molecular flexibility index (Phi) is 6.85. The number of amides is 1. The lowest BCUT2D eigenvalue weighted by atomic mass is 10.1. The molecule has 0 aliphatic heterocycles. The Bertz CT molecular complexity index is 256. The molecule has 0 aromatic rings. The lowest BCUT2D eigenvalue weighted by molar-refractivity contribution is -0.158. The Hall–Kier alpha value is -1.06. The number of esters is 1. The topological polar surface area (TPSA) is 55.4 Å². The van der Waals surface area contributed by atoms with E-state index in [1.54, 1.807) is 6.92 Å². The molecule has 0 fully saturated rings. The van der Waals surface area contributed by atoms with E-state index in [0.29, 0.717) is 12.8 Å². The third-order valence-electron chi connectivity index (χ3n) is 2.19. The van der Waals surface area contributed by atoms with Gasteiger partial charge in [-0.25, -0.2) is 4.79 Å². The Morgan fingerprint density at radius 3 is 2.24 bits per heavy atom. The number of ether oxygens (including phenoxy) is 1. The standard InChI is InChI=1S/C13H25NO3/c1-6-8-9-10(14-11(15)7-2)12(16)17-13(3,4)5/h10H,6-9H2,1-5H3,(H,14,15). The van der Waals surface area contributed by atoms with Crippen LogP contribution in [0, 0.1) is 0 Å². The summed E-state index contributed by atoms with van der Waals surface area (Å²) in [4.78, 5) is 23.2. The SMILES string of the molecule is CCCCC(NC(=O)CC)C(=O)OC(C)(C)C. The van der Waals surface area contributed by atoms with Crippen molar-refractivity contribution in [2.24, 2.45) is 0 Å². The Morgan fingerprint density at radius 1 is 1.24 bits per heavy atom. The fourth-order valence-electron chi connectivity index (χ4n) is 1.33. The van der Waals surface area contributed by atoms with Crippen molar-refractivity contribution in [3.63, 3.8) is 0 Å². The molecular formula is C13H25NO3. The summed E-state index contributed by atoms with van der Waals surface area (Å²) < 4.78 is 5.29. The quantitative estimate of drug-likeness (QED) is 0.729. The van der Waals surface area contributed by atoms with Gasteiger partial charge in [0.2, 0.25) is 5.91 Å². The van der Waals surface area contributed by atoms with Crippen molar-refractivity contribution in [2.75, 3.05) is 0 Å². The van der Waals surface area contributed by atoms with Crippen LogP contribution in [0.15, 0.2) is 0 Å². The second-order valence-corrected chi connectivity index (χ2v) is 5.15. The van der Waals surface area contributed by atoms with Gasteiger partial charge < -0.3 is 10.1 Å². The van der Waals surface area contributed by atoms with Crippen LogP contribution >= 0.6 is 0 Å². The minimum Gasteiger partial charge on any atom is -0.458 e.